The normalized spacial score (nSPS) is 10.9. The highest BCUT2D eigenvalue weighted by molar-refractivity contribution is 7.18. The first-order chi connectivity index (χ1) is 15.7. The Morgan fingerprint density at radius 1 is 1.03 bits per heavy atom. The number of fused-ring (bicyclic) bond motifs is 1. The largest absolute Gasteiger partial charge is 0.483 e. The van der Waals surface area contributed by atoms with Crippen molar-refractivity contribution in [2.75, 3.05) is 0 Å². The molecule has 0 aliphatic rings. The van der Waals surface area contributed by atoms with Crippen molar-refractivity contribution < 1.29 is 23.1 Å². The molecule has 0 fully saturated rings. The maximum atomic E-state index is 14.9. The maximum absolute atomic E-state index is 14.9. The number of hydrogen-bond acceptors (Lipinski definition) is 6. The van der Waals surface area contributed by atoms with Gasteiger partial charge in [0.25, 0.3) is 11.8 Å². The number of hydrogen-bond donors (Lipinski definition) is 1. The summed E-state index contributed by atoms with van der Waals surface area (Å²) in [6.45, 7) is -0.138. The molecule has 0 saturated carbocycles. The van der Waals surface area contributed by atoms with Gasteiger partial charge in [-0.15, -0.1) is 11.3 Å². The second-order valence-corrected chi connectivity index (χ2v) is 8.80. The van der Waals surface area contributed by atoms with Gasteiger partial charge in [0.1, 0.15) is 28.1 Å². The van der Waals surface area contributed by atoms with Crippen LogP contribution in [0.15, 0.2) is 42.6 Å². The van der Waals surface area contributed by atoms with Gasteiger partial charge in [-0.2, -0.15) is 0 Å². The summed E-state index contributed by atoms with van der Waals surface area (Å²) in [5.41, 5.74) is -0.625. The number of aromatic nitrogens is 2. The van der Waals surface area contributed by atoms with E-state index in [9.17, 15) is 18.4 Å². The number of imide groups is 1. The smallest absolute Gasteiger partial charge is 0.264 e. The van der Waals surface area contributed by atoms with Crippen LogP contribution < -0.4 is 10.1 Å². The number of pyridine rings is 1. The van der Waals surface area contributed by atoms with Crippen LogP contribution in [0.3, 0.4) is 0 Å². The number of amides is 2. The van der Waals surface area contributed by atoms with Gasteiger partial charge >= 0.3 is 0 Å². The van der Waals surface area contributed by atoms with Crippen molar-refractivity contribution in [3.63, 3.8) is 0 Å². The van der Waals surface area contributed by atoms with Gasteiger partial charge < -0.3 is 4.74 Å². The third-order valence-corrected chi connectivity index (χ3v) is 6.16. The number of thiazole rings is 1. The summed E-state index contributed by atoms with van der Waals surface area (Å²) in [5, 5.41) is 2.55. The molecule has 2 aromatic carbocycles. The second kappa shape index (κ2) is 9.56. The fourth-order valence-electron chi connectivity index (χ4n) is 2.85. The van der Waals surface area contributed by atoms with E-state index in [2.05, 4.69) is 9.97 Å². The Morgan fingerprint density at radius 3 is 2.55 bits per heavy atom. The van der Waals surface area contributed by atoms with Gasteiger partial charge in [-0.3, -0.25) is 14.9 Å². The van der Waals surface area contributed by atoms with Gasteiger partial charge in [0, 0.05) is 11.2 Å². The molecular weight excluding hydrogens is 519 g/mol. The molecule has 4 rings (SSSR count). The van der Waals surface area contributed by atoms with E-state index in [4.69, 9.17) is 39.5 Å². The number of nitrogens with one attached hydrogen (secondary N) is 1. The zero-order valence-corrected chi connectivity index (χ0v) is 19.3. The van der Waals surface area contributed by atoms with Crippen LogP contribution in [0.25, 0.3) is 10.2 Å². The summed E-state index contributed by atoms with van der Waals surface area (Å²) >= 11 is 19.0. The van der Waals surface area contributed by atoms with Crippen molar-refractivity contribution in [1.29, 1.82) is 0 Å². The summed E-state index contributed by atoms with van der Waals surface area (Å²) < 4.78 is 35.4. The number of rotatable bonds is 5. The fourth-order valence-corrected chi connectivity index (χ4v) is 4.53. The second-order valence-electron chi connectivity index (χ2n) is 6.48. The first-order valence-corrected chi connectivity index (χ1v) is 11.0. The fraction of sp³-hybridized carbons (Fsp3) is 0.0476. The van der Waals surface area contributed by atoms with Crippen LogP contribution in [-0.2, 0) is 6.61 Å². The average molecular weight is 529 g/mol. The number of halogens is 5. The molecule has 0 spiro atoms. The quantitative estimate of drug-likeness (QED) is 0.251. The SMILES string of the molecule is O=C(NC(=O)c1c(F)ccc(OCc2nc3ccc(Cl)cc3s2)c1F)c1c(Cl)ccnc1Cl. The molecule has 0 aliphatic heterocycles. The average Bonchev–Trinajstić information content (AvgIpc) is 3.15. The topological polar surface area (TPSA) is 81.2 Å². The Balaban J connectivity index is 1.54. The van der Waals surface area contributed by atoms with E-state index in [0.717, 1.165) is 16.8 Å². The monoisotopic (exact) mass is 527 g/mol. The number of benzene rings is 2. The zero-order valence-electron chi connectivity index (χ0n) is 16.2. The molecule has 0 bridgehead atoms. The Hall–Kier alpha value is -2.85. The Kier molecular flexibility index (Phi) is 6.76. The van der Waals surface area contributed by atoms with Gasteiger partial charge in [-0.1, -0.05) is 34.8 Å². The Bertz CT molecular complexity index is 1390. The molecule has 0 aliphatic carbocycles. The predicted molar refractivity (Wildman–Crippen MR) is 121 cm³/mol. The van der Waals surface area contributed by atoms with Crippen molar-refractivity contribution in [2.45, 2.75) is 6.61 Å². The summed E-state index contributed by atoms with van der Waals surface area (Å²) in [5.74, 6) is -5.29. The third kappa shape index (κ3) is 4.91. The minimum Gasteiger partial charge on any atom is -0.483 e. The third-order valence-electron chi connectivity index (χ3n) is 4.34. The zero-order chi connectivity index (χ0) is 23.7. The van der Waals surface area contributed by atoms with E-state index in [-0.39, 0.29) is 22.3 Å². The van der Waals surface area contributed by atoms with Crippen LogP contribution in [0.5, 0.6) is 5.75 Å². The van der Waals surface area contributed by atoms with Crippen LogP contribution in [0.4, 0.5) is 8.78 Å². The minimum absolute atomic E-state index is 0.0875. The van der Waals surface area contributed by atoms with Gasteiger partial charge in [0.15, 0.2) is 11.6 Å². The number of carbonyl (C=O) groups excluding carboxylic acids is 2. The molecule has 0 unspecified atom stereocenters. The molecule has 0 radical (unpaired) electrons. The molecule has 2 amide bonds. The molecule has 0 saturated heterocycles. The maximum Gasteiger partial charge on any atom is 0.264 e. The Labute approximate surface area is 204 Å². The van der Waals surface area contributed by atoms with Crippen molar-refractivity contribution in [3.05, 3.63) is 85.6 Å². The molecule has 4 aromatic rings. The Morgan fingerprint density at radius 2 is 1.79 bits per heavy atom. The van der Waals surface area contributed by atoms with Gasteiger partial charge in [-0.05, 0) is 36.4 Å². The highest BCUT2D eigenvalue weighted by Crippen LogP contribution is 2.28. The first kappa shape index (κ1) is 23.3. The van der Waals surface area contributed by atoms with Crippen molar-refractivity contribution in [2.24, 2.45) is 0 Å². The molecule has 168 valence electrons. The van der Waals surface area contributed by atoms with E-state index in [1.807, 2.05) is 5.32 Å². The van der Waals surface area contributed by atoms with Crippen LogP contribution in [0, 0.1) is 11.6 Å². The van der Waals surface area contributed by atoms with Gasteiger partial charge in [0.05, 0.1) is 20.8 Å². The highest BCUT2D eigenvalue weighted by atomic mass is 35.5. The van der Waals surface area contributed by atoms with Gasteiger partial charge in [0.2, 0.25) is 0 Å². The van der Waals surface area contributed by atoms with Crippen molar-refractivity contribution in [3.8, 4) is 5.75 Å². The van der Waals surface area contributed by atoms with Crippen LogP contribution >= 0.6 is 46.1 Å². The lowest BCUT2D eigenvalue weighted by Gasteiger charge is -2.11. The molecule has 2 heterocycles. The first-order valence-electron chi connectivity index (χ1n) is 9.06. The lowest BCUT2D eigenvalue weighted by atomic mass is 10.1. The van der Waals surface area contributed by atoms with Crippen LogP contribution in [-0.4, -0.2) is 21.8 Å². The van der Waals surface area contributed by atoms with Crippen molar-refractivity contribution >= 4 is 68.2 Å². The number of carbonyl (C=O) groups is 2. The van der Waals surface area contributed by atoms with E-state index >= 15 is 0 Å². The lowest BCUT2D eigenvalue weighted by molar-refractivity contribution is 0.0844. The molecule has 6 nitrogen and oxygen atoms in total. The molecule has 1 N–H and O–H groups in total. The van der Waals surface area contributed by atoms with Crippen LogP contribution in [0.2, 0.25) is 15.2 Å². The summed E-state index contributed by atoms with van der Waals surface area (Å²) in [4.78, 5) is 32.9. The van der Waals surface area contributed by atoms with E-state index in [1.54, 1.807) is 18.2 Å². The van der Waals surface area contributed by atoms with Gasteiger partial charge in [-0.25, -0.2) is 18.7 Å². The molecule has 0 atom stereocenters. The highest BCUT2D eigenvalue weighted by Gasteiger charge is 2.25. The van der Waals surface area contributed by atoms with E-state index in [0.29, 0.717) is 15.5 Å². The molecule has 2 aromatic heterocycles. The van der Waals surface area contributed by atoms with Crippen LogP contribution in [0.1, 0.15) is 25.7 Å². The van der Waals surface area contributed by atoms with E-state index in [1.165, 1.54) is 23.6 Å². The molecular formula is C21H10Cl3F2N3O3S. The van der Waals surface area contributed by atoms with E-state index < -0.39 is 34.8 Å². The summed E-state index contributed by atoms with van der Waals surface area (Å²) in [7, 11) is 0. The predicted octanol–water partition coefficient (Wildman–Crippen LogP) is 6.08. The van der Waals surface area contributed by atoms with Crippen molar-refractivity contribution in [1.82, 2.24) is 15.3 Å². The summed E-state index contributed by atoms with van der Waals surface area (Å²) in [6.07, 6.45) is 1.25. The molecule has 33 heavy (non-hydrogen) atoms. The minimum atomic E-state index is -1.34. The summed E-state index contributed by atoms with van der Waals surface area (Å²) in [6, 6.07) is 8.31. The molecule has 12 heteroatoms. The lowest BCUT2D eigenvalue weighted by Crippen LogP contribution is -2.32. The number of ether oxygens (including phenoxy) is 1. The number of nitrogens with zero attached hydrogens (tertiary/aromatic N) is 2. The standard InChI is InChI=1S/C21H10Cl3F2N3O3S/c22-9-1-3-12-14(7-9)33-15(28-12)8-32-13-4-2-11(25)17(18(13)26)21(31)29-20(30)16-10(23)5-6-27-19(16)24/h1-7H,8H2,(H,29,30,31).